The highest BCUT2D eigenvalue weighted by Crippen LogP contribution is 2.30. The molecule has 0 radical (unpaired) electrons. The third-order valence-corrected chi connectivity index (χ3v) is 4.16. The number of anilines is 1. The van der Waals surface area contributed by atoms with Gasteiger partial charge in [0.2, 0.25) is 5.43 Å². The van der Waals surface area contributed by atoms with Crippen molar-refractivity contribution in [3.63, 3.8) is 0 Å². The van der Waals surface area contributed by atoms with Crippen molar-refractivity contribution in [2.45, 2.75) is 20.0 Å². The number of nitrogens with zero attached hydrogens (tertiary/aromatic N) is 2. The molecule has 1 aromatic heterocycles. The lowest BCUT2D eigenvalue weighted by molar-refractivity contribution is -0.137. The molecule has 3 rings (SSSR count). The molecule has 0 saturated carbocycles. The Morgan fingerprint density at radius 1 is 1.13 bits per heavy atom. The molecule has 6 nitrogen and oxygen atoms in total. The zero-order valence-electron chi connectivity index (χ0n) is 16.2. The largest absolute Gasteiger partial charge is 0.494 e. The second-order valence-corrected chi connectivity index (χ2v) is 6.37. The molecule has 0 unspecified atom stereocenters. The van der Waals surface area contributed by atoms with Gasteiger partial charge in [0.25, 0.3) is 5.91 Å². The standard InChI is InChI=1S/C21H18F3N3O3/c1-3-30-17-9-7-15(8-10-17)25-20(29)19-18(28)11-13(2)27(26-19)16-6-4-5-14(12-16)21(22,23)24/h4-12H,3H2,1-2H3,(H,25,29). The number of rotatable bonds is 5. The smallest absolute Gasteiger partial charge is 0.416 e. The van der Waals surface area contributed by atoms with Gasteiger partial charge in [-0.25, -0.2) is 4.68 Å². The van der Waals surface area contributed by atoms with Gasteiger partial charge in [0.1, 0.15) is 5.75 Å². The maximum absolute atomic E-state index is 13.0. The average Bonchev–Trinajstić information content (AvgIpc) is 2.69. The van der Waals surface area contributed by atoms with Crippen LogP contribution in [0.4, 0.5) is 18.9 Å². The number of nitrogens with one attached hydrogen (secondary N) is 1. The first-order chi connectivity index (χ1) is 14.2. The van der Waals surface area contributed by atoms with Crippen LogP contribution >= 0.6 is 0 Å². The highest BCUT2D eigenvalue weighted by atomic mass is 19.4. The minimum Gasteiger partial charge on any atom is -0.494 e. The number of amides is 1. The fourth-order valence-corrected chi connectivity index (χ4v) is 2.77. The number of aryl methyl sites for hydroxylation is 1. The Balaban J connectivity index is 1.93. The van der Waals surface area contributed by atoms with Crippen molar-refractivity contribution < 1.29 is 22.7 Å². The zero-order chi connectivity index (χ0) is 21.9. The van der Waals surface area contributed by atoms with Crippen LogP contribution in [0.5, 0.6) is 5.75 Å². The van der Waals surface area contributed by atoms with Crippen LogP contribution in [0, 0.1) is 6.92 Å². The predicted octanol–water partition coefficient (Wildman–Crippen LogP) is 4.21. The Hall–Kier alpha value is -3.62. The van der Waals surface area contributed by atoms with E-state index in [4.69, 9.17) is 4.74 Å². The second-order valence-electron chi connectivity index (χ2n) is 6.37. The van der Waals surface area contributed by atoms with E-state index in [-0.39, 0.29) is 11.4 Å². The fraction of sp³-hybridized carbons (Fsp3) is 0.190. The van der Waals surface area contributed by atoms with E-state index in [0.29, 0.717) is 18.0 Å². The molecule has 0 spiro atoms. The Morgan fingerprint density at radius 2 is 1.83 bits per heavy atom. The molecule has 0 aliphatic heterocycles. The van der Waals surface area contributed by atoms with Gasteiger partial charge in [0.15, 0.2) is 5.69 Å². The molecule has 3 aromatic rings. The van der Waals surface area contributed by atoms with Crippen LogP contribution in [0.25, 0.3) is 5.69 Å². The van der Waals surface area contributed by atoms with Crippen molar-refractivity contribution in [1.82, 2.24) is 9.78 Å². The molecule has 0 aliphatic carbocycles. The van der Waals surface area contributed by atoms with E-state index in [1.165, 1.54) is 19.1 Å². The first-order valence-electron chi connectivity index (χ1n) is 9.02. The molecule has 2 aromatic carbocycles. The Kier molecular flexibility index (Phi) is 5.91. The second kappa shape index (κ2) is 8.40. The van der Waals surface area contributed by atoms with Crippen LogP contribution < -0.4 is 15.5 Å². The van der Waals surface area contributed by atoms with Crippen LogP contribution in [0.3, 0.4) is 0 Å². The molecular weight excluding hydrogens is 399 g/mol. The van der Waals surface area contributed by atoms with Gasteiger partial charge in [-0.3, -0.25) is 9.59 Å². The SMILES string of the molecule is CCOc1ccc(NC(=O)c2nn(-c3cccc(C(F)(F)F)c3)c(C)cc2=O)cc1. The summed E-state index contributed by atoms with van der Waals surface area (Å²) in [6, 6.07) is 12.1. The first-order valence-corrected chi connectivity index (χ1v) is 9.02. The number of alkyl halides is 3. The summed E-state index contributed by atoms with van der Waals surface area (Å²) in [6.07, 6.45) is -4.53. The van der Waals surface area contributed by atoms with Crippen LogP contribution in [0.1, 0.15) is 28.7 Å². The summed E-state index contributed by atoms with van der Waals surface area (Å²) < 4.78 is 45.5. The number of carbonyl (C=O) groups excluding carboxylic acids is 1. The molecule has 0 fully saturated rings. The van der Waals surface area contributed by atoms with E-state index in [0.717, 1.165) is 22.9 Å². The van der Waals surface area contributed by atoms with E-state index in [1.807, 2.05) is 6.92 Å². The summed E-state index contributed by atoms with van der Waals surface area (Å²) in [6.45, 7) is 3.85. The quantitative estimate of drug-likeness (QED) is 0.675. The molecule has 9 heteroatoms. The zero-order valence-corrected chi connectivity index (χ0v) is 16.2. The average molecular weight is 417 g/mol. The Morgan fingerprint density at radius 3 is 2.47 bits per heavy atom. The van der Waals surface area contributed by atoms with Crippen molar-refractivity contribution in [1.29, 1.82) is 0 Å². The van der Waals surface area contributed by atoms with Crippen LogP contribution in [0.2, 0.25) is 0 Å². The minimum absolute atomic E-state index is 0.0810. The molecule has 0 aliphatic rings. The van der Waals surface area contributed by atoms with Gasteiger partial charge in [-0.15, -0.1) is 0 Å². The van der Waals surface area contributed by atoms with Crippen molar-refractivity contribution in [2.24, 2.45) is 0 Å². The van der Waals surface area contributed by atoms with Gasteiger partial charge in [0.05, 0.1) is 17.9 Å². The normalized spacial score (nSPS) is 11.2. The topological polar surface area (TPSA) is 73.2 Å². The number of ether oxygens (including phenoxy) is 1. The third-order valence-electron chi connectivity index (χ3n) is 4.16. The maximum Gasteiger partial charge on any atom is 0.416 e. The monoisotopic (exact) mass is 417 g/mol. The van der Waals surface area contributed by atoms with Crippen LogP contribution in [-0.2, 0) is 6.18 Å². The Labute approximate surface area is 169 Å². The van der Waals surface area contributed by atoms with Gasteiger partial charge in [-0.2, -0.15) is 18.3 Å². The molecule has 1 amide bonds. The summed E-state index contributed by atoms with van der Waals surface area (Å²) >= 11 is 0. The van der Waals surface area contributed by atoms with Crippen molar-refractivity contribution in [2.75, 3.05) is 11.9 Å². The number of hydrogen-bond acceptors (Lipinski definition) is 4. The highest BCUT2D eigenvalue weighted by Gasteiger charge is 2.30. The number of hydrogen-bond donors (Lipinski definition) is 1. The third kappa shape index (κ3) is 4.68. The van der Waals surface area contributed by atoms with E-state index >= 15 is 0 Å². The molecule has 156 valence electrons. The van der Waals surface area contributed by atoms with E-state index < -0.39 is 28.8 Å². The van der Waals surface area contributed by atoms with Crippen molar-refractivity contribution >= 4 is 11.6 Å². The van der Waals surface area contributed by atoms with E-state index in [2.05, 4.69) is 10.4 Å². The summed E-state index contributed by atoms with van der Waals surface area (Å²) in [5, 5.41) is 6.56. The lowest BCUT2D eigenvalue weighted by Gasteiger charge is -2.13. The first kappa shape index (κ1) is 21.1. The fourth-order valence-electron chi connectivity index (χ4n) is 2.77. The summed E-state index contributed by atoms with van der Waals surface area (Å²) in [7, 11) is 0. The molecule has 0 atom stereocenters. The predicted molar refractivity (Wildman–Crippen MR) is 105 cm³/mol. The summed E-state index contributed by atoms with van der Waals surface area (Å²) in [4.78, 5) is 24.9. The minimum atomic E-state index is -4.53. The number of aromatic nitrogens is 2. The molecule has 0 bridgehead atoms. The van der Waals surface area contributed by atoms with Crippen LogP contribution in [0.15, 0.2) is 59.4 Å². The van der Waals surface area contributed by atoms with Gasteiger partial charge < -0.3 is 10.1 Å². The van der Waals surface area contributed by atoms with Crippen molar-refractivity contribution in [3.05, 3.63) is 81.8 Å². The maximum atomic E-state index is 13.0. The molecular formula is C21H18F3N3O3. The summed E-state index contributed by atoms with van der Waals surface area (Å²) in [5.41, 5.74) is -1.16. The molecule has 0 saturated heterocycles. The van der Waals surface area contributed by atoms with E-state index in [1.54, 1.807) is 24.3 Å². The molecule has 1 N–H and O–H groups in total. The number of carbonyl (C=O) groups is 1. The van der Waals surface area contributed by atoms with Gasteiger partial charge in [0, 0.05) is 17.4 Å². The number of benzene rings is 2. The van der Waals surface area contributed by atoms with Gasteiger partial charge >= 0.3 is 6.18 Å². The van der Waals surface area contributed by atoms with Crippen molar-refractivity contribution in [3.8, 4) is 11.4 Å². The summed E-state index contributed by atoms with van der Waals surface area (Å²) in [5.74, 6) is -0.152. The van der Waals surface area contributed by atoms with Gasteiger partial charge in [-0.1, -0.05) is 6.07 Å². The van der Waals surface area contributed by atoms with E-state index in [9.17, 15) is 22.8 Å². The molecule has 30 heavy (non-hydrogen) atoms. The molecule has 1 heterocycles. The van der Waals surface area contributed by atoms with Crippen LogP contribution in [-0.4, -0.2) is 22.3 Å². The lowest BCUT2D eigenvalue weighted by atomic mass is 10.2. The number of halogens is 3. The Bertz CT molecular complexity index is 1120. The highest BCUT2D eigenvalue weighted by molar-refractivity contribution is 6.02. The van der Waals surface area contributed by atoms with Gasteiger partial charge in [-0.05, 0) is 56.3 Å². The lowest BCUT2D eigenvalue weighted by Crippen LogP contribution is -2.27.